The van der Waals surface area contributed by atoms with Crippen LogP contribution in [-0.4, -0.2) is 28.9 Å². The second-order valence-corrected chi connectivity index (χ2v) is 5.48. The van der Waals surface area contributed by atoms with Crippen molar-refractivity contribution in [1.82, 2.24) is 14.8 Å². The summed E-state index contributed by atoms with van der Waals surface area (Å²) in [6, 6.07) is 9.92. The first-order chi connectivity index (χ1) is 9.61. The lowest BCUT2D eigenvalue weighted by Gasteiger charge is -2.06. The van der Waals surface area contributed by atoms with Crippen LogP contribution in [0.2, 0.25) is 0 Å². The highest BCUT2D eigenvalue weighted by molar-refractivity contribution is 7.20. The quantitative estimate of drug-likeness (QED) is 0.778. The summed E-state index contributed by atoms with van der Waals surface area (Å²) in [5, 5.41) is 14.3. The van der Waals surface area contributed by atoms with E-state index in [-0.39, 0.29) is 0 Å². The van der Waals surface area contributed by atoms with Crippen LogP contribution in [0.25, 0.3) is 15.3 Å². The van der Waals surface area contributed by atoms with Gasteiger partial charge in [-0.2, -0.15) is 9.94 Å². The molecule has 20 heavy (non-hydrogen) atoms. The number of nitrogens with two attached hydrogens (primary N) is 1. The second kappa shape index (κ2) is 4.51. The van der Waals surface area contributed by atoms with Crippen molar-refractivity contribution in [2.45, 2.75) is 0 Å². The van der Waals surface area contributed by atoms with Gasteiger partial charge in [-0.15, -0.1) is 5.10 Å². The topological polar surface area (TPSA) is 83.8 Å². The molecule has 3 aromatic rings. The Hall–Kier alpha value is -2.59. The van der Waals surface area contributed by atoms with Gasteiger partial charge in [0, 0.05) is 14.1 Å². The zero-order chi connectivity index (χ0) is 14.3. The smallest absolute Gasteiger partial charge is 0.213 e. The number of para-hydroxylation sites is 1. The molecule has 0 atom stereocenters. The Morgan fingerprint density at radius 1 is 1.35 bits per heavy atom. The number of hydrogen-bond donors (Lipinski definition) is 1. The number of nitrogens with zero attached hydrogens (tertiary/aromatic N) is 5. The van der Waals surface area contributed by atoms with Crippen molar-refractivity contribution in [1.29, 1.82) is 5.26 Å². The van der Waals surface area contributed by atoms with Gasteiger partial charge in [0.05, 0.1) is 10.2 Å². The van der Waals surface area contributed by atoms with Gasteiger partial charge < -0.3 is 10.6 Å². The molecule has 0 saturated carbocycles. The summed E-state index contributed by atoms with van der Waals surface area (Å²) in [6.07, 6.45) is 0. The first-order valence-electron chi connectivity index (χ1n) is 5.93. The molecule has 100 valence electrons. The van der Waals surface area contributed by atoms with Crippen LogP contribution in [0, 0.1) is 11.3 Å². The van der Waals surface area contributed by atoms with Gasteiger partial charge in [-0.05, 0) is 12.1 Å². The average Bonchev–Trinajstić information content (AvgIpc) is 2.98. The Morgan fingerprint density at radius 3 is 2.70 bits per heavy atom. The van der Waals surface area contributed by atoms with E-state index in [0.29, 0.717) is 22.3 Å². The fourth-order valence-electron chi connectivity index (χ4n) is 1.94. The van der Waals surface area contributed by atoms with Crippen LogP contribution in [-0.2, 0) is 0 Å². The SMILES string of the molecule is CN(C)c1nn(-c2nc3ccccc3s2)c(N)c1C#N. The molecule has 0 radical (unpaired) electrons. The number of anilines is 2. The van der Waals surface area contributed by atoms with Gasteiger partial charge in [0.15, 0.2) is 5.82 Å². The molecule has 1 aromatic carbocycles. The molecule has 6 nitrogen and oxygen atoms in total. The van der Waals surface area contributed by atoms with Gasteiger partial charge in [0.25, 0.3) is 0 Å². The van der Waals surface area contributed by atoms with E-state index in [1.807, 2.05) is 38.4 Å². The number of benzene rings is 1. The van der Waals surface area contributed by atoms with Crippen LogP contribution in [0.5, 0.6) is 0 Å². The number of thiazole rings is 1. The van der Waals surface area contributed by atoms with Gasteiger partial charge in [0.1, 0.15) is 17.5 Å². The molecule has 2 heterocycles. The van der Waals surface area contributed by atoms with E-state index in [1.54, 1.807) is 4.90 Å². The maximum atomic E-state index is 9.22. The van der Waals surface area contributed by atoms with Crippen LogP contribution in [0.4, 0.5) is 11.6 Å². The van der Waals surface area contributed by atoms with Crippen LogP contribution in [0.1, 0.15) is 5.56 Å². The minimum atomic E-state index is 0.315. The summed E-state index contributed by atoms with van der Waals surface area (Å²) in [6.45, 7) is 0. The maximum Gasteiger partial charge on any atom is 0.213 e. The highest BCUT2D eigenvalue weighted by atomic mass is 32.1. The Balaban J connectivity index is 2.22. The molecule has 0 amide bonds. The maximum absolute atomic E-state index is 9.22. The number of rotatable bonds is 2. The number of nitrogen functional groups attached to an aromatic ring is 1. The van der Waals surface area contributed by atoms with Crippen molar-refractivity contribution >= 4 is 33.2 Å². The van der Waals surface area contributed by atoms with Gasteiger partial charge in [-0.1, -0.05) is 23.5 Å². The number of aromatic nitrogens is 3. The minimum Gasteiger partial charge on any atom is -0.382 e. The van der Waals surface area contributed by atoms with E-state index in [9.17, 15) is 5.26 Å². The lowest BCUT2D eigenvalue weighted by molar-refractivity contribution is 0.868. The summed E-state index contributed by atoms with van der Waals surface area (Å²) in [5.74, 6) is 0.861. The predicted molar refractivity (Wildman–Crippen MR) is 80.2 cm³/mol. The van der Waals surface area contributed by atoms with Crippen LogP contribution in [0.3, 0.4) is 0 Å². The molecule has 7 heteroatoms. The van der Waals surface area contributed by atoms with Crippen molar-refractivity contribution in [3.05, 3.63) is 29.8 Å². The first kappa shape index (κ1) is 12.4. The average molecular weight is 284 g/mol. The van der Waals surface area contributed by atoms with E-state index in [0.717, 1.165) is 10.2 Å². The van der Waals surface area contributed by atoms with Gasteiger partial charge >= 0.3 is 0 Å². The molecule has 0 aliphatic carbocycles. The van der Waals surface area contributed by atoms with Gasteiger partial charge in [-0.3, -0.25) is 0 Å². The molecule has 3 rings (SSSR count). The van der Waals surface area contributed by atoms with Crippen molar-refractivity contribution in [3.8, 4) is 11.2 Å². The zero-order valence-corrected chi connectivity index (χ0v) is 11.8. The van der Waals surface area contributed by atoms with Crippen molar-refractivity contribution in [2.75, 3.05) is 24.7 Å². The van der Waals surface area contributed by atoms with Crippen LogP contribution >= 0.6 is 11.3 Å². The molecule has 2 N–H and O–H groups in total. The highest BCUT2D eigenvalue weighted by Gasteiger charge is 2.19. The van der Waals surface area contributed by atoms with Crippen molar-refractivity contribution < 1.29 is 0 Å². The molecule has 0 aliphatic heterocycles. The third-order valence-electron chi connectivity index (χ3n) is 2.90. The highest BCUT2D eigenvalue weighted by Crippen LogP contribution is 2.30. The van der Waals surface area contributed by atoms with Gasteiger partial charge in [-0.25, -0.2) is 4.98 Å². The largest absolute Gasteiger partial charge is 0.382 e. The number of fused-ring (bicyclic) bond motifs is 1. The molecule has 0 aliphatic rings. The third-order valence-corrected chi connectivity index (χ3v) is 3.91. The predicted octanol–water partition coefficient (Wildman–Crippen LogP) is 2.00. The molecular formula is C13H12N6S. The summed E-state index contributed by atoms with van der Waals surface area (Å²) in [4.78, 5) is 6.27. The molecule has 0 unspecified atom stereocenters. The van der Waals surface area contributed by atoms with E-state index in [1.165, 1.54) is 16.0 Å². The number of nitriles is 1. The Labute approximate surface area is 119 Å². The molecule has 0 fully saturated rings. The molecule has 0 bridgehead atoms. The van der Waals surface area contributed by atoms with Crippen LogP contribution < -0.4 is 10.6 Å². The van der Waals surface area contributed by atoms with Crippen LogP contribution in [0.15, 0.2) is 24.3 Å². The summed E-state index contributed by atoms with van der Waals surface area (Å²) in [7, 11) is 3.65. The lowest BCUT2D eigenvalue weighted by Crippen LogP contribution is -2.11. The number of hydrogen-bond acceptors (Lipinski definition) is 6. The second-order valence-electron chi connectivity index (χ2n) is 4.47. The molecular weight excluding hydrogens is 272 g/mol. The fourth-order valence-corrected chi connectivity index (χ4v) is 2.87. The standard InChI is InChI=1S/C13H12N6S/c1-18(2)12-8(7-14)11(15)19(17-12)13-16-9-5-3-4-6-10(9)20-13/h3-6H,15H2,1-2H3. The Bertz CT molecular complexity index is 790. The Kier molecular flexibility index (Phi) is 2.80. The van der Waals surface area contributed by atoms with Crippen molar-refractivity contribution in [2.24, 2.45) is 0 Å². The van der Waals surface area contributed by atoms with E-state index < -0.39 is 0 Å². The first-order valence-corrected chi connectivity index (χ1v) is 6.75. The van der Waals surface area contributed by atoms with E-state index in [2.05, 4.69) is 16.2 Å². The van der Waals surface area contributed by atoms with Crippen molar-refractivity contribution in [3.63, 3.8) is 0 Å². The Morgan fingerprint density at radius 2 is 2.10 bits per heavy atom. The summed E-state index contributed by atoms with van der Waals surface area (Å²) >= 11 is 1.49. The van der Waals surface area contributed by atoms with E-state index in [4.69, 9.17) is 5.73 Å². The molecule has 0 saturated heterocycles. The molecule has 0 spiro atoms. The van der Waals surface area contributed by atoms with Gasteiger partial charge in [0.2, 0.25) is 5.13 Å². The lowest BCUT2D eigenvalue weighted by atomic mass is 10.3. The summed E-state index contributed by atoms with van der Waals surface area (Å²) in [5.41, 5.74) is 7.29. The monoisotopic (exact) mass is 284 g/mol. The normalized spacial score (nSPS) is 10.7. The third kappa shape index (κ3) is 1.78. The zero-order valence-electron chi connectivity index (χ0n) is 11.0. The summed E-state index contributed by atoms with van der Waals surface area (Å²) < 4.78 is 2.58. The minimum absolute atomic E-state index is 0.315. The van der Waals surface area contributed by atoms with E-state index >= 15 is 0 Å². The fraction of sp³-hybridized carbons (Fsp3) is 0.154. The molecule has 2 aromatic heterocycles.